The van der Waals surface area contributed by atoms with Gasteiger partial charge in [-0.25, -0.2) is 9.97 Å². The van der Waals surface area contributed by atoms with Crippen molar-refractivity contribution in [3.8, 4) is 6.01 Å². The van der Waals surface area contributed by atoms with Gasteiger partial charge in [-0.3, -0.25) is 4.99 Å². The fourth-order valence-electron chi connectivity index (χ4n) is 1.63. The highest BCUT2D eigenvalue weighted by Gasteiger charge is 2.11. The van der Waals surface area contributed by atoms with Crippen molar-refractivity contribution >= 4 is 6.34 Å². The van der Waals surface area contributed by atoms with Crippen LogP contribution in [-0.4, -0.2) is 36.5 Å². The van der Waals surface area contributed by atoms with E-state index in [-0.39, 0.29) is 0 Å². The van der Waals surface area contributed by atoms with Crippen LogP contribution in [0.2, 0.25) is 0 Å². The van der Waals surface area contributed by atoms with Gasteiger partial charge in [0.05, 0.1) is 13.4 Å². The van der Waals surface area contributed by atoms with Crippen molar-refractivity contribution < 1.29 is 4.74 Å². The van der Waals surface area contributed by atoms with E-state index in [0.717, 1.165) is 18.4 Å². The molecule has 1 rings (SSSR count). The Kier molecular flexibility index (Phi) is 5.95. The van der Waals surface area contributed by atoms with Gasteiger partial charge in [-0.2, -0.15) is 0 Å². The maximum Gasteiger partial charge on any atom is 0.316 e. The van der Waals surface area contributed by atoms with E-state index in [1.165, 1.54) is 6.34 Å². The van der Waals surface area contributed by atoms with Gasteiger partial charge >= 0.3 is 6.01 Å². The highest BCUT2D eigenvalue weighted by atomic mass is 16.5. The molecule has 0 saturated carbocycles. The number of hydrogen-bond donors (Lipinski definition) is 2. The number of nitrogens with two attached hydrogens (primary N) is 2. The number of ether oxygens (including phenoxy) is 1. The molecule has 6 nitrogen and oxygen atoms in total. The van der Waals surface area contributed by atoms with Gasteiger partial charge in [-0.05, 0) is 30.9 Å². The fraction of sp³-hybridized carbons (Fsp3) is 0.545. The predicted octanol–water partition coefficient (Wildman–Crippen LogP) is 0.295. The van der Waals surface area contributed by atoms with Crippen LogP contribution in [0.15, 0.2) is 17.4 Å². The zero-order valence-electron chi connectivity index (χ0n) is 10.0. The van der Waals surface area contributed by atoms with Crippen LogP contribution >= 0.6 is 0 Å². The van der Waals surface area contributed by atoms with Crippen LogP contribution in [0.5, 0.6) is 6.01 Å². The lowest BCUT2D eigenvalue weighted by atomic mass is 9.95. The second-order valence-electron chi connectivity index (χ2n) is 3.62. The van der Waals surface area contributed by atoms with Crippen molar-refractivity contribution in [1.29, 1.82) is 0 Å². The van der Waals surface area contributed by atoms with Gasteiger partial charge in [-0.1, -0.05) is 0 Å². The first kappa shape index (κ1) is 13.4. The van der Waals surface area contributed by atoms with Crippen LogP contribution in [-0.2, 0) is 0 Å². The molecule has 1 aromatic heterocycles. The second-order valence-corrected chi connectivity index (χ2v) is 3.62. The SMILES string of the molecule is COc1ncc(C(CCN)CCN=CN)cn1. The lowest BCUT2D eigenvalue weighted by Crippen LogP contribution is -2.10. The summed E-state index contributed by atoms with van der Waals surface area (Å²) in [6.07, 6.45) is 6.65. The molecular weight excluding hydrogens is 218 g/mol. The molecule has 17 heavy (non-hydrogen) atoms. The summed E-state index contributed by atoms with van der Waals surface area (Å²) in [4.78, 5) is 12.2. The topological polar surface area (TPSA) is 99.4 Å². The third-order valence-corrected chi connectivity index (χ3v) is 2.53. The smallest absolute Gasteiger partial charge is 0.316 e. The second kappa shape index (κ2) is 7.56. The third-order valence-electron chi connectivity index (χ3n) is 2.53. The molecule has 0 aliphatic rings. The quantitative estimate of drug-likeness (QED) is 0.524. The molecule has 0 amide bonds. The van der Waals surface area contributed by atoms with E-state index in [1.807, 2.05) is 0 Å². The molecule has 0 saturated heterocycles. The standard InChI is InChI=1S/C11H19N5O/c1-17-11-15-6-10(7-16-11)9(2-4-12)3-5-14-8-13/h6-9H,2-5,12H2,1H3,(H2,13,14). The molecule has 1 unspecified atom stereocenters. The molecule has 0 aromatic carbocycles. The van der Waals surface area contributed by atoms with Crippen molar-refractivity contribution in [2.75, 3.05) is 20.2 Å². The van der Waals surface area contributed by atoms with E-state index >= 15 is 0 Å². The highest BCUT2D eigenvalue weighted by molar-refractivity contribution is 5.51. The van der Waals surface area contributed by atoms with E-state index in [9.17, 15) is 0 Å². The first-order chi connectivity index (χ1) is 8.31. The van der Waals surface area contributed by atoms with Crippen LogP contribution in [0.1, 0.15) is 24.3 Å². The predicted molar refractivity (Wildman–Crippen MR) is 67.2 cm³/mol. The van der Waals surface area contributed by atoms with Crippen LogP contribution < -0.4 is 16.2 Å². The highest BCUT2D eigenvalue weighted by Crippen LogP contribution is 2.22. The molecule has 1 heterocycles. The summed E-state index contributed by atoms with van der Waals surface area (Å²) in [6, 6.07) is 0.375. The zero-order valence-corrected chi connectivity index (χ0v) is 10.0. The van der Waals surface area contributed by atoms with Gasteiger partial charge in [0.25, 0.3) is 0 Å². The molecule has 0 aliphatic carbocycles. The first-order valence-corrected chi connectivity index (χ1v) is 5.57. The van der Waals surface area contributed by atoms with E-state index in [2.05, 4.69) is 15.0 Å². The minimum atomic E-state index is 0.314. The lowest BCUT2D eigenvalue weighted by Gasteiger charge is -2.14. The first-order valence-electron chi connectivity index (χ1n) is 5.57. The Morgan fingerprint density at radius 3 is 2.65 bits per heavy atom. The molecule has 94 valence electrons. The molecule has 1 aromatic rings. The Labute approximate surface area is 101 Å². The van der Waals surface area contributed by atoms with Crippen molar-refractivity contribution in [2.24, 2.45) is 16.5 Å². The van der Waals surface area contributed by atoms with E-state index < -0.39 is 0 Å². The minimum absolute atomic E-state index is 0.314. The van der Waals surface area contributed by atoms with Gasteiger partial charge in [0.15, 0.2) is 0 Å². The molecule has 0 aliphatic heterocycles. The van der Waals surface area contributed by atoms with Gasteiger partial charge in [0.2, 0.25) is 0 Å². The summed E-state index contributed by atoms with van der Waals surface area (Å²) < 4.78 is 4.92. The summed E-state index contributed by atoms with van der Waals surface area (Å²) >= 11 is 0. The largest absolute Gasteiger partial charge is 0.467 e. The van der Waals surface area contributed by atoms with Crippen LogP contribution in [0, 0.1) is 0 Å². The van der Waals surface area contributed by atoms with Gasteiger partial charge in [0, 0.05) is 18.9 Å². The van der Waals surface area contributed by atoms with Crippen molar-refractivity contribution in [2.45, 2.75) is 18.8 Å². The molecule has 0 bridgehead atoms. The fourth-order valence-corrected chi connectivity index (χ4v) is 1.63. The van der Waals surface area contributed by atoms with E-state index in [1.54, 1.807) is 19.5 Å². The molecule has 0 fully saturated rings. The summed E-state index contributed by atoms with van der Waals surface area (Å²) in [5, 5.41) is 0. The van der Waals surface area contributed by atoms with Crippen molar-refractivity contribution in [3.63, 3.8) is 0 Å². The number of hydrogen-bond acceptors (Lipinski definition) is 5. The summed E-state index contributed by atoms with van der Waals surface area (Å²) in [7, 11) is 1.54. The van der Waals surface area contributed by atoms with Crippen molar-refractivity contribution in [1.82, 2.24) is 9.97 Å². The molecule has 6 heteroatoms. The monoisotopic (exact) mass is 237 g/mol. The number of rotatable bonds is 7. The molecule has 1 atom stereocenters. The number of aromatic nitrogens is 2. The summed E-state index contributed by atoms with van der Waals surface area (Å²) in [6.45, 7) is 1.32. The zero-order chi connectivity index (χ0) is 12.5. The normalized spacial score (nSPS) is 12.8. The summed E-state index contributed by atoms with van der Waals surface area (Å²) in [5.41, 5.74) is 11.9. The lowest BCUT2D eigenvalue weighted by molar-refractivity contribution is 0.378. The Morgan fingerprint density at radius 1 is 1.41 bits per heavy atom. The Hall–Kier alpha value is -1.69. The van der Waals surface area contributed by atoms with Crippen molar-refractivity contribution in [3.05, 3.63) is 18.0 Å². The maximum atomic E-state index is 5.60. The summed E-state index contributed by atoms with van der Waals surface area (Å²) in [5.74, 6) is 0.314. The van der Waals surface area contributed by atoms with Crippen LogP contribution in [0.25, 0.3) is 0 Å². The molecule has 0 radical (unpaired) electrons. The number of aliphatic imine (C=N–C) groups is 1. The van der Waals surface area contributed by atoms with Crippen LogP contribution in [0.4, 0.5) is 0 Å². The van der Waals surface area contributed by atoms with E-state index in [0.29, 0.717) is 25.0 Å². The van der Waals surface area contributed by atoms with E-state index in [4.69, 9.17) is 16.2 Å². The Balaban J connectivity index is 2.66. The van der Waals surface area contributed by atoms with Crippen LogP contribution in [0.3, 0.4) is 0 Å². The van der Waals surface area contributed by atoms with Gasteiger partial charge < -0.3 is 16.2 Å². The molecule has 4 N–H and O–H groups in total. The Morgan fingerprint density at radius 2 is 2.12 bits per heavy atom. The Bertz CT molecular complexity index is 338. The molecule has 0 spiro atoms. The maximum absolute atomic E-state index is 5.60. The third kappa shape index (κ3) is 4.36. The number of methoxy groups -OCH3 is 1. The average molecular weight is 237 g/mol. The number of nitrogens with zero attached hydrogens (tertiary/aromatic N) is 3. The van der Waals surface area contributed by atoms with Gasteiger partial charge in [0.1, 0.15) is 0 Å². The minimum Gasteiger partial charge on any atom is -0.467 e. The molecular formula is C11H19N5O. The van der Waals surface area contributed by atoms with Gasteiger partial charge in [-0.15, -0.1) is 0 Å². The average Bonchev–Trinajstić information content (AvgIpc) is 2.38.